The fourth-order valence-electron chi connectivity index (χ4n) is 4.38. The normalized spacial score (nSPS) is 21.3. The number of carbonyl (C=O) groups is 2. The molecule has 0 radical (unpaired) electrons. The maximum absolute atomic E-state index is 13.1. The lowest BCUT2D eigenvalue weighted by molar-refractivity contribution is -0.158. The molecule has 0 aromatic heterocycles. The fraction of sp³-hybridized carbons (Fsp3) is 0.360. The summed E-state index contributed by atoms with van der Waals surface area (Å²) in [4.78, 5) is 26.1. The van der Waals surface area contributed by atoms with Crippen molar-refractivity contribution in [2.75, 3.05) is 0 Å². The number of ether oxygens (including phenoxy) is 1. The molecule has 2 aromatic carbocycles. The van der Waals surface area contributed by atoms with Crippen LogP contribution in [0.2, 0.25) is 5.02 Å². The molecule has 4 rings (SSSR count). The number of carbonyl (C=O) groups excluding carboxylic acids is 2. The molecule has 1 heterocycles. The standard InChI is InChI=1S/C25H25ClO4/c1-2-16(13-15-7-6-10-19(26)14-15)24-23(28)22(27)21(25(29)30-24)20(18-11-12-18)17-8-4-3-5-9-17/h3-10,14,16,18,20,24,27H,2,11-13H2,1H3. The number of ketones is 1. The number of aliphatic hydroxyl groups is 1. The first-order valence-corrected chi connectivity index (χ1v) is 10.8. The highest BCUT2D eigenvalue weighted by molar-refractivity contribution is 6.30. The number of Topliss-reactive ketones (excluding diaryl/α,β-unsaturated/α-hetero) is 1. The Bertz CT molecular complexity index is 978. The smallest absolute Gasteiger partial charge is 0.339 e. The lowest BCUT2D eigenvalue weighted by Crippen LogP contribution is -2.42. The van der Waals surface area contributed by atoms with Gasteiger partial charge in [-0.1, -0.05) is 61.0 Å². The van der Waals surface area contributed by atoms with Gasteiger partial charge in [0.05, 0.1) is 5.57 Å². The van der Waals surface area contributed by atoms with Crippen LogP contribution in [-0.4, -0.2) is 23.0 Å². The van der Waals surface area contributed by atoms with Crippen molar-refractivity contribution >= 4 is 23.4 Å². The SMILES string of the molecule is CCC(Cc1cccc(Cl)c1)C1OC(=O)C(C(c2ccccc2)C2CC2)=C(O)C1=O. The van der Waals surface area contributed by atoms with E-state index in [1.807, 2.05) is 55.5 Å². The predicted molar refractivity (Wildman–Crippen MR) is 115 cm³/mol. The molecule has 5 heteroatoms. The predicted octanol–water partition coefficient (Wildman–Crippen LogP) is 5.41. The second-order valence-electron chi connectivity index (χ2n) is 8.18. The molecule has 2 aliphatic rings. The van der Waals surface area contributed by atoms with Crippen LogP contribution in [0, 0.1) is 11.8 Å². The van der Waals surface area contributed by atoms with E-state index >= 15 is 0 Å². The molecule has 0 bridgehead atoms. The molecule has 30 heavy (non-hydrogen) atoms. The number of hydrogen-bond acceptors (Lipinski definition) is 4. The number of esters is 1. The second kappa shape index (κ2) is 8.65. The summed E-state index contributed by atoms with van der Waals surface area (Å²) >= 11 is 6.08. The Morgan fingerprint density at radius 1 is 1.10 bits per heavy atom. The van der Waals surface area contributed by atoms with Crippen LogP contribution in [0.1, 0.15) is 43.2 Å². The minimum atomic E-state index is -0.985. The van der Waals surface area contributed by atoms with E-state index in [9.17, 15) is 14.7 Å². The lowest BCUT2D eigenvalue weighted by atomic mass is 9.81. The van der Waals surface area contributed by atoms with Gasteiger partial charge in [-0.2, -0.15) is 0 Å². The molecule has 1 N–H and O–H groups in total. The highest BCUT2D eigenvalue weighted by Crippen LogP contribution is 2.48. The molecule has 0 spiro atoms. The van der Waals surface area contributed by atoms with E-state index in [0.717, 1.165) is 24.0 Å². The third kappa shape index (κ3) is 4.15. The van der Waals surface area contributed by atoms with E-state index < -0.39 is 23.6 Å². The molecule has 1 saturated carbocycles. The average molecular weight is 425 g/mol. The molecule has 2 aromatic rings. The first kappa shape index (κ1) is 20.7. The van der Waals surface area contributed by atoms with Crippen molar-refractivity contribution in [3.8, 4) is 0 Å². The molecule has 3 atom stereocenters. The highest BCUT2D eigenvalue weighted by atomic mass is 35.5. The Hall–Kier alpha value is -2.59. The largest absolute Gasteiger partial charge is 0.504 e. The molecule has 4 nitrogen and oxygen atoms in total. The van der Waals surface area contributed by atoms with Gasteiger partial charge in [-0.25, -0.2) is 4.79 Å². The van der Waals surface area contributed by atoms with E-state index in [2.05, 4.69) is 0 Å². The third-order valence-corrected chi connectivity index (χ3v) is 6.34. The van der Waals surface area contributed by atoms with Crippen molar-refractivity contribution in [1.82, 2.24) is 0 Å². The minimum Gasteiger partial charge on any atom is -0.504 e. The van der Waals surface area contributed by atoms with Crippen molar-refractivity contribution in [3.63, 3.8) is 0 Å². The van der Waals surface area contributed by atoms with Crippen molar-refractivity contribution in [3.05, 3.63) is 82.1 Å². The molecule has 3 unspecified atom stereocenters. The van der Waals surface area contributed by atoms with Gasteiger partial charge in [0.25, 0.3) is 0 Å². The van der Waals surface area contributed by atoms with Gasteiger partial charge < -0.3 is 9.84 Å². The molecular formula is C25H25ClO4. The van der Waals surface area contributed by atoms with Crippen LogP contribution < -0.4 is 0 Å². The van der Waals surface area contributed by atoms with Gasteiger partial charge in [0.2, 0.25) is 5.78 Å². The van der Waals surface area contributed by atoms with Gasteiger partial charge in [0.1, 0.15) is 0 Å². The number of aliphatic hydroxyl groups excluding tert-OH is 1. The monoisotopic (exact) mass is 424 g/mol. The molecule has 1 aliphatic carbocycles. The van der Waals surface area contributed by atoms with Gasteiger partial charge in [0, 0.05) is 16.9 Å². The van der Waals surface area contributed by atoms with E-state index in [-0.39, 0.29) is 23.3 Å². The number of benzene rings is 2. The Morgan fingerprint density at radius 3 is 2.47 bits per heavy atom. The van der Waals surface area contributed by atoms with Crippen molar-refractivity contribution in [2.45, 2.75) is 44.6 Å². The third-order valence-electron chi connectivity index (χ3n) is 6.10. The van der Waals surface area contributed by atoms with E-state index in [1.165, 1.54) is 0 Å². The van der Waals surface area contributed by atoms with Gasteiger partial charge in [-0.15, -0.1) is 0 Å². The summed E-state index contributed by atoms with van der Waals surface area (Å²) in [5.74, 6) is -1.81. The van der Waals surface area contributed by atoms with E-state index in [4.69, 9.17) is 16.3 Å². The Morgan fingerprint density at radius 2 is 1.83 bits per heavy atom. The minimum absolute atomic E-state index is 0.113. The summed E-state index contributed by atoms with van der Waals surface area (Å²) in [6.07, 6.45) is 2.11. The molecule has 1 aliphatic heterocycles. The maximum atomic E-state index is 13.1. The Kier molecular flexibility index (Phi) is 5.96. The summed E-state index contributed by atoms with van der Waals surface area (Å²) in [6, 6.07) is 17.0. The number of halogens is 1. The van der Waals surface area contributed by atoms with Crippen LogP contribution in [0.25, 0.3) is 0 Å². The van der Waals surface area contributed by atoms with Gasteiger partial charge in [-0.3, -0.25) is 4.79 Å². The van der Waals surface area contributed by atoms with Gasteiger partial charge >= 0.3 is 5.97 Å². The zero-order valence-electron chi connectivity index (χ0n) is 16.9. The molecule has 156 valence electrons. The van der Waals surface area contributed by atoms with Crippen LogP contribution in [0.3, 0.4) is 0 Å². The van der Waals surface area contributed by atoms with Crippen LogP contribution in [0.4, 0.5) is 0 Å². The van der Waals surface area contributed by atoms with Crippen molar-refractivity contribution in [1.29, 1.82) is 0 Å². The first-order valence-electron chi connectivity index (χ1n) is 10.5. The summed E-state index contributed by atoms with van der Waals surface area (Å²) in [5.41, 5.74) is 2.01. The topological polar surface area (TPSA) is 63.6 Å². The summed E-state index contributed by atoms with van der Waals surface area (Å²) in [7, 11) is 0. The van der Waals surface area contributed by atoms with Crippen LogP contribution in [0.5, 0.6) is 0 Å². The highest BCUT2D eigenvalue weighted by Gasteiger charge is 2.47. The summed E-state index contributed by atoms with van der Waals surface area (Å²) in [5, 5.41) is 11.5. The van der Waals surface area contributed by atoms with Crippen molar-refractivity contribution in [2.24, 2.45) is 11.8 Å². The average Bonchev–Trinajstić information content (AvgIpc) is 3.58. The summed E-state index contributed by atoms with van der Waals surface area (Å²) < 4.78 is 5.68. The zero-order chi connectivity index (χ0) is 21.3. The molecule has 1 fully saturated rings. The number of rotatable bonds is 7. The molecule has 0 amide bonds. The van der Waals surface area contributed by atoms with Gasteiger partial charge in [-0.05, 0) is 54.9 Å². The summed E-state index contributed by atoms with van der Waals surface area (Å²) in [6.45, 7) is 1.95. The van der Waals surface area contributed by atoms with Gasteiger partial charge in [0.15, 0.2) is 11.9 Å². The fourth-order valence-corrected chi connectivity index (χ4v) is 4.59. The van der Waals surface area contributed by atoms with Crippen LogP contribution in [0.15, 0.2) is 65.9 Å². The number of hydrogen-bond donors (Lipinski definition) is 1. The molecular weight excluding hydrogens is 400 g/mol. The van der Waals surface area contributed by atoms with Crippen molar-refractivity contribution < 1.29 is 19.4 Å². The Balaban J connectivity index is 1.63. The zero-order valence-corrected chi connectivity index (χ0v) is 17.6. The first-order chi connectivity index (χ1) is 14.5. The van der Waals surface area contributed by atoms with E-state index in [1.54, 1.807) is 6.07 Å². The second-order valence-corrected chi connectivity index (χ2v) is 8.62. The molecule has 0 saturated heterocycles. The lowest BCUT2D eigenvalue weighted by Gasteiger charge is -2.31. The maximum Gasteiger partial charge on any atom is 0.339 e. The van der Waals surface area contributed by atoms with Crippen LogP contribution in [-0.2, 0) is 20.7 Å². The van der Waals surface area contributed by atoms with Crippen LogP contribution >= 0.6 is 11.6 Å². The quantitative estimate of drug-likeness (QED) is 0.603. The van der Waals surface area contributed by atoms with E-state index in [0.29, 0.717) is 17.9 Å². The Labute approximate surface area is 181 Å². The number of cyclic esters (lactones) is 1.